The summed E-state index contributed by atoms with van der Waals surface area (Å²) in [6.07, 6.45) is -2.74. The lowest BCUT2D eigenvalue weighted by Crippen LogP contribution is -2.56. The fraction of sp³-hybridized carbons (Fsp3) is 0.486. The minimum atomic E-state index is -1.97. The van der Waals surface area contributed by atoms with Gasteiger partial charge in [-0.3, -0.25) is 14.4 Å². The molecule has 1 saturated heterocycles. The number of fused-ring (bicyclic) bond motifs is 1. The van der Waals surface area contributed by atoms with Gasteiger partial charge in [-0.2, -0.15) is 0 Å². The van der Waals surface area contributed by atoms with E-state index in [-0.39, 0.29) is 30.3 Å². The molecule has 0 unspecified atom stereocenters. The van der Waals surface area contributed by atoms with Gasteiger partial charge < -0.3 is 20.2 Å². The minimum absolute atomic E-state index is 0.0405. The van der Waals surface area contributed by atoms with Crippen molar-refractivity contribution >= 4 is 29.1 Å². The first-order chi connectivity index (χ1) is 21.2. The normalized spacial score (nSPS) is 21.3. The molecule has 8 nitrogen and oxygen atoms in total. The number of hydrogen-bond acceptors (Lipinski definition) is 6. The van der Waals surface area contributed by atoms with Gasteiger partial charge in [0.25, 0.3) is 5.91 Å². The van der Waals surface area contributed by atoms with E-state index in [1.54, 1.807) is 23.5 Å². The summed E-state index contributed by atoms with van der Waals surface area (Å²) in [6.45, 7) is 13.8. The number of hydrogen-bond donors (Lipinski definition) is 2. The summed E-state index contributed by atoms with van der Waals surface area (Å²) < 4.78 is 15.6. The summed E-state index contributed by atoms with van der Waals surface area (Å²) in [5.41, 5.74) is 7.09. The fourth-order valence-corrected chi connectivity index (χ4v) is 7.41. The Labute approximate surface area is 268 Å². The number of halogens is 1. The Bertz CT molecular complexity index is 1600. The van der Waals surface area contributed by atoms with Crippen LogP contribution in [0.5, 0.6) is 0 Å². The molecule has 0 saturated carbocycles. The number of amides is 3. The third kappa shape index (κ3) is 6.53. The molecular formula is C35H43FN4O4S. The van der Waals surface area contributed by atoms with Crippen molar-refractivity contribution in [3.63, 3.8) is 0 Å². The second-order valence-corrected chi connectivity index (χ2v) is 14.7. The average Bonchev–Trinajstić information content (AvgIpc) is 3.63. The number of thiazole rings is 1. The molecule has 0 spiro atoms. The van der Waals surface area contributed by atoms with Gasteiger partial charge in [0.1, 0.15) is 18.2 Å². The monoisotopic (exact) mass is 634 g/mol. The zero-order valence-electron chi connectivity index (χ0n) is 27.0. The van der Waals surface area contributed by atoms with Gasteiger partial charge in [-0.05, 0) is 66.0 Å². The van der Waals surface area contributed by atoms with E-state index in [4.69, 9.17) is 0 Å². The van der Waals surface area contributed by atoms with Crippen LogP contribution in [0, 0.1) is 18.3 Å². The number of benzene rings is 2. The van der Waals surface area contributed by atoms with Crippen LogP contribution in [0.3, 0.4) is 0 Å². The number of carbonyl (C=O) groups excluding carboxylic acids is 3. The number of likely N-dealkylation sites (tertiary alicyclic amines) is 1. The van der Waals surface area contributed by atoms with Gasteiger partial charge in [0.15, 0.2) is 6.17 Å². The predicted molar refractivity (Wildman–Crippen MR) is 173 cm³/mol. The molecule has 0 aliphatic carbocycles. The Morgan fingerprint density at radius 2 is 1.87 bits per heavy atom. The van der Waals surface area contributed by atoms with Crippen LogP contribution in [0.4, 0.5) is 4.39 Å². The van der Waals surface area contributed by atoms with Gasteiger partial charge in [0.2, 0.25) is 11.8 Å². The highest BCUT2D eigenvalue weighted by molar-refractivity contribution is 7.13. The van der Waals surface area contributed by atoms with Gasteiger partial charge >= 0.3 is 0 Å². The van der Waals surface area contributed by atoms with Crippen molar-refractivity contribution in [2.45, 2.75) is 91.8 Å². The van der Waals surface area contributed by atoms with Crippen LogP contribution >= 0.6 is 11.3 Å². The zero-order chi connectivity index (χ0) is 32.8. The maximum absolute atomic E-state index is 15.6. The van der Waals surface area contributed by atoms with E-state index in [9.17, 15) is 19.5 Å². The number of aromatic nitrogens is 1. The molecule has 2 N–H and O–H groups in total. The van der Waals surface area contributed by atoms with E-state index in [2.05, 4.69) is 37.1 Å². The Balaban J connectivity index is 1.40. The van der Waals surface area contributed by atoms with Crippen LogP contribution in [0.1, 0.15) is 80.3 Å². The van der Waals surface area contributed by atoms with Gasteiger partial charge in [0.05, 0.1) is 28.7 Å². The molecule has 1 fully saturated rings. The SMILES string of the molecule is Cc1ncsc1-c1ccc([C@H](C)NC(=O)[C@@H]2[C@@H](F)[C@@H](O)CN2C(=O)[C@H](C(C)C)N2Cc3ccccc3C2=O)c(CC(C)(C)C)c1. The molecule has 0 radical (unpaired) electrons. The Morgan fingerprint density at radius 3 is 2.49 bits per heavy atom. The molecule has 2 aliphatic rings. The van der Waals surface area contributed by atoms with E-state index in [0.717, 1.165) is 44.1 Å². The summed E-state index contributed by atoms with van der Waals surface area (Å²) in [5, 5.41) is 13.5. The number of aliphatic hydroxyl groups is 1. The van der Waals surface area contributed by atoms with E-state index < -0.39 is 42.2 Å². The second kappa shape index (κ2) is 12.6. The number of nitrogens with one attached hydrogen (secondary N) is 1. The van der Waals surface area contributed by atoms with Gasteiger partial charge in [-0.1, -0.05) is 65.0 Å². The van der Waals surface area contributed by atoms with E-state index in [1.165, 1.54) is 4.90 Å². The number of nitrogens with zero attached hydrogens (tertiary/aromatic N) is 3. The number of alkyl halides is 1. The lowest BCUT2D eigenvalue weighted by Gasteiger charge is -2.35. The van der Waals surface area contributed by atoms with Crippen molar-refractivity contribution in [2.75, 3.05) is 6.54 Å². The third-order valence-corrected chi connectivity index (χ3v) is 9.68. The molecule has 2 aliphatic heterocycles. The van der Waals surface area contributed by atoms with Crippen molar-refractivity contribution in [2.24, 2.45) is 11.3 Å². The highest BCUT2D eigenvalue weighted by Gasteiger charge is 2.51. The van der Waals surface area contributed by atoms with E-state index in [1.807, 2.05) is 57.5 Å². The van der Waals surface area contributed by atoms with Crippen LogP contribution in [-0.4, -0.2) is 68.5 Å². The summed E-state index contributed by atoms with van der Waals surface area (Å²) in [5.74, 6) is -1.81. The number of rotatable bonds is 8. The summed E-state index contributed by atoms with van der Waals surface area (Å²) in [7, 11) is 0. The lowest BCUT2D eigenvalue weighted by molar-refractivity contribution is -0.144. The van der Waals surface area contributed by atoms with Crippen molar-refractivity contribution in [1.82, 2.24) is 20.1 Å². The zero-order valence-corrected chi connectivity index (χ0v) is 27.8. The molecule has 3 heterocycles. The maximum Gasteiger partial charge on any atom is 0.255 e. The molecule has 3 amide bonds. The number of carbonyl (C=O) groups is 3. The molecule has 240 valence electrons. The highest BCUT2D eigenvalue weighted by Crippen LogP contribution is 2.35. The van der Waals surface area contributed by atoms with E-state index >= 15 is 4.39 Å². The highest BCUT2D eigenvalue weighted by atomic mass is 32.1. The molecular weight excluding hydrogens is 591 g/mol. The van der Waals surface area contributed by atoms with Gasteiger partial charge in [-0.15, -0.1) is 11.3 Å². The van der Waals surface area contributed by atoms with Gasteiger partial charge in [0, 0.05) is 12.1 Å². The topological polar surface area (TPSA) is 103 Å². The van der Waals surface area contributed by atoms with Gasteiger partial charge in [-0.25, -0.2) is 9.37 Å². The minimum Gasteiger partial charge on any atom is -0.388 e. The van der Waals surface area contributed by atoms with Crippen molar-refractivity contribution in [3.8, 4) is 10.4 Å². The van der Waals surface area contributed by atoms with E-state index in [0.29, 0.717) is 5.56 Å². The number of aryl methyl sites for hydroxylation is 1. The van der Waals surface area contributed by atoms with Crippen LogP contribution in [0.2, 0.25) is 0 Å². The van der Waals surface area contributed by atoms with Crippen molar-refractivity contribution in [1.29, 1.82) is 0 Å². The Morgan fingerprint density at radius 1 is 1.16 bits per heavy atom. The van der Waals surface area contributed by atoms with Crippen molar-refractivity contribution in [3.05, 3.63) is 75.9 Å². The third-order valence-electron chi connectivity index (χ3n) is 8.71. The first-order valence-corrected chi connectivity index (χ1v) is 16.4. The predicted octanol–water partition coefficient (Wildman–Crippen LogP) is 5.47. The van der Waals surface area contributed by atoms with Crippen LogP contribution in [0.25, 0.3) is 10.4 Å². The second-order valence-electron chi connectivity index (χ2n) is 13.9. The van der Waals surface area contributed by atoms with Crippen LogP contribution in [-0.2, 0) is 22.6 Å². The quantitative estimate of drug-likeness (QED) is 0.342. The summed E-state index contributed by atoms with van der Waals surface area (Å²) in [4.78, 5) is 49.3. The summed E-state index contributed by atoms with van der Waals surface area (Å²) in [6, 6.07) is 10.4. The number of aliphatic hydroxyl groups excluding tert-OH is 1. The average molecular weight is 635 g/mol. The molecule has 1 aromatic heterocycles. The molecule has 2 aromatic carbocycles. The first kappa shape index (κ1) is 32.8. The largest absolute Gasteiger partial charge is 0.388 e. The maximum atomic E-state index is 15.6. The lowest BCUT2D eigenvalue weighted by atomic mass is 9.84. The Hall–Kier alpha value is -3.63. The smallest absolute Gasteiger partial charge is 0.255 e. The Kier molecular flexibility index (Phi) is 9.20. The fourth-order valence-electron chi connectivity index (χ4n) is 6.61. The first-order valence-electron chi connectivity index (χ1n) is 15.5. The van der Waals surface area contributed by atoms with Crippen molar-refractivity contribution < 1.29 is 23.9 Å². The number of β-amino-alcohol motifs (C(OH)–C–C–N with tert-alkyl or cyclic N) is 1. The molecule has 10 heteroatoms. The standard InChI is InChI=1S/C35H43FN4O4S/c1-19(2)29(39-16-23-10-8-9-11-26(23)33(39)43)34(44)40-17-27(41)28(36)30(40)32(42)38-20(3)25-13-12-22(31-21(4)37-18-45-31)14-24(25)15-35(5,6)7/h8-14,18-20,27-30,41H,15-17H2,1-7H3,(H,38,42)/t20-,27-,28-,29-,30-/m0/s1. The molecule has 0 bridgehead atoms. The summed E-state index contributed by atoms with van der Waals surface area (Å²) >= 11 is 1.58. The van der Waals surface area contributed by atoms with Crippen LogP contribution in [0.15, 0.2) is 48.0 Å². The van der Waals surface area contributed by atoms with Crippen LogP contribution < -0.4 is 5.32 Å². The molecule has 5 rings (SSSR count). The molecule has 3 aromatic rings. The molecule has 45 heavy (non-hydrogen) atoms. The molecule has 5 atom stereocenters.